The lowest BCUT2D eigenvalue weighted by Crippen LogP contribution is -2.46. The second kappa shape index (κ2) is 6.98. The van der Waals surface area contributed by atoms with Gasteiger partial charge in [-0.2, -0.15) is 0 Å². The van der Waals surface area contributed by atoms with Crippen molar-refractivity contribution in [1.29, 1.82) is 0 Å². The quantitative estimate of drug-likeness (QED) is 0.851. The fraction of sp³-hybridized carbons (Fsp3) is 0.600. The Labute approximate surface area is 113 Å². The number of hydrogen-bond acceptors (Lipinski definition) is 3. The van der Waals surface area contributed by atoms with Gasteiger partial charge in [-0.15, -0.1) is 0 Å². The Balaban J connectivity index is 1.77. The third kappa shape index (κ3) is 4.27. The van der Waals surface area contributed by atoms with Gasteiger partial charge in [-0.25, -0.2) is 4.39 Å². The standard InChI is InChI=1S/C15H22FNO2/c16-13-5-3-12(4-6-13)2-1-8-17-9-7-15(19)10-14(17)11-18/h3-6,14-15,18-19H,1-2,7-11H2. The van der Waals surface area contributed by atoms with Gasteiger partial charge in [-0.1, -0.05) is 12.1 Å². The SMILES string of the molecule is OCC1CC(O)CCN1CCCc1ccc(F)cc1. The van der Waals surface area contributed by atoms with Crippen molar-refractivity contribution in [3.8, 4) is 0 Å². The van der Waals surface area contributed by atoms with Crippen LogP contribution in [0.15, 0.2) is 24.3 Å². The van der Waals surface area contributed by atoms with Crippen LogP contribution in [0.1, 0.15) is 24.8 Å². The Morgan fingerprint density at radius 1 is 1.26 bits per heavy atom. The molecule has 2 N–H and O–H groups in total. The number of halogens is 1. The average Bonchev–Trinajstić information content (AvgIpc) is 2.42. The first-order valence-corrected chi connectivity index (χ1v) is 6.96. The number of likely N-dealkylation sites (tertiary alicyclic amines) is 1. The largest absolute Gasteiger partial charge is 0.395 e. The molecule has 1 heterocycles. The molecule has 1 aromatic carbocycles. The van der Waals surface area contributed by atoms with Crippen molar-refractivity contribution < 1.29 is 14.6 Å². The number of rotatable bonds is 5. The number of aliphatic hydroxyl groups is 2. The summed E-state index contributed by atoms with van der Waals surface area (Å²) in [6, 6.07) is 6.70. The van der Waals surface area contributed by atoms with E-state index in [0.29, 0.717) is 6.42 Å². The second-order valence-corrected chi connectivity index (χ2v) is 5.28. The highest BCUT2D eigenvalue weighted by Crippen LogP contribution is 2.18. The molecule has 0 aromatic heterocycles. The fourth-order valence-corrected chi connectivity index (χ4v) is 2.70. The van der Waals surface area contributed by atoms with Crippen LogP contribution in [0.2, 0.25) is 0 Å². The summed E-state index contributed by atoms with van der Waals surface area (Å²) in [7, 11) is 0. The topological polar surface area (TPSA) is 43.7 Å². The Morgan fingerprint density at radius 2 is 2.00 bits per heavy atom. The number of nitrogens with zero attached hydrogens (tertiary/aromatic N) is 1. The van der Waals surface area contributed by atoms with Crippen molar-refractivity contribution >= 4 is 0 Å². The van der Waals surface area contributed by atoms with Crippen LogP contribution in [0.25, 0.3) is 0 Å². The first kappa shape index (κ1) is 14.4. The summed E-state index contributed by atoms with van der Waals surface area (Å²) < 4.78 is 12.8. The predicted molar refractivity (Wildman–Crippen MR) is 72.4 cm³/mol. The molecule has 0 saturated carbocycles. The summed E-state index contributed by atoms with van der Waals surface area (Å²) >= 11 is 0. The van der Waals surface area contributed by atoms with Crippen LogP contribution >= 0.6 is 0 Å². The maximum Gasteiger partial charge on any atom is 0.123 e. The van der Waals surface area contributed by atoms with Crippen molar-refractivity contribution in [2.45, 2.75) is 37.8 Å². The zero-order chi connectivity index (χ0) is 13.7. The van der Waals surface area contributed by atoms with Gasteiger partial charge in [-0.3, -0.25) is 4.90 Å². The number of aliphatic hydroxyl groups excluding tert-OH is 2. The first-order chi connectivity index (χ1) is 9.19. The van der Waals surface area contributed by atoms with Crippen LogP contribution in [0.3, 0.4) is 0 Å². The van der Waals surface area contributed by atoms with Gasteiger partial charge in [0.15, 0.2) is 0 Å². The molecule has 1 aliphatic rings. The molecule has 2 atom stereocenters. The van der Waals surface area contributed by atoms with E-state index in [9.17, 15) is 14.6 Å². The molecular formula is C15H22FNO2. The van der Waals surface area contributed by atoms with Crippen molar-refractivity contribution in [3.05, 3.63) is 35.6 Å². The van der Waals surface area contributed by atoms with Crippen molar-refractivity contribution in [2.24, 2.45) is 0 Å². The molecule has 1 aromatic rings. The Hall–Kier alpha value is -0.970. The van der Waals surface area contributed by atoms with E-state index >= 15 is 0 Å². The molecule has 1 fully saturated rings. The van der Waals surface area contributed by atoms with Gasteiger partial charge < -0.3 is 10.2 Å². The predicted octanol–water partition coefficient (Wildman–Crippen LogP) is 1.58. The van der Waals surface area contributed by atoms with E-state index in [1.807, 2.05) is 12.1 Å². The highest BCUT2D eigenvalue weighted by atomic mass is 19.1. The molecule has 3 nitrogen and oxygen atoms in total. The zero-order valence-electron chi connectivity index (χ0n) is 11.1. The van der Waals surface area contributed by atoms with E-state index in [4.69, 9.17) is 0 Å². The minimum Gasteiger partial charge on any atom is -0.395 e. The Bertz CT molecular complexity index is 382. The van der Waals surface area contributed by atoms with Crippen LogP contribution in [-0.4, -0.2) is 47.0 Å². The summed E-state index contributed by atoms with van der Waals surface area (Å²) in [4.78, 5) is 2.25. The number of hydrogen-bond donors (Lipinski definition) is 2. The number of benzene rings is 1. The molecule has 1 aliphatic heterocycles. The number of aryl methyl sites for hydroxylation is 1. The van der Waals surface area contributed by atoms with Gasteiger partial charge >= 0.3 is 0 Å². The molecule has 0 bridgehead atoms. The van der Waals surface area contributed by atoms with E-state index in [0.717, 1.165) is 37.9 Å². The third-order valence-corrected chi connectivity index (χ3v) is 3.84. The Morgan fingerprint density at radius 3 is 2.68 bits per heavy atom. The zero-order valence-corrected chi connectivity index (χ0v) is 11.1. The molecule has 1 saturated heterocycles. The van der Waals surface area contributed by atoms with Crippen LogP contribution in [0.5, 0.6) is 0 Å². The van der Waals surface area contributed by atoms with E-state index in [-0.39, 0.29) is 24.6 Å². The smallest absolute Gasteiger partial charge is 0.123 e. The lowest BCUT2D eigenvalue weighted by Gasteiger charge is -2.36. The monoisotopic (exact) mass is 267 g/mol. The normalized spacial score (nSPS) is 24.6. The molecule has 0 aliphatic carbocycles. The maximum absolute atomic E-state index is 12.8. The van der Waals surface area contributed by atoms with Gasteiger partial charge in [0, 0.05) is 12.6 Å². The summed E-state index contributed by atoms with van der Waals surface area (Å²) in [6.07, 6.45) is 3.07. The molecular weight excluding hydrogens is 245 g/mol. The average molecular weight is 267 g/mol. The van der Waals surface area contributed by atoms with Gasteiger partial charge in [0.05, 0.1) is 12.7 Å². The molecule has 0 amide bonds. The summed E-state index contributed by atoms with van der Waals surface area (Å²) in [5, 5.41) is 18.9. The molecule has 2 rings (SSSR count). The van der Waals surface area contributed by atoms with Crippen LogP contribution in [0, 0.1) is 5.82 Å². The minimum atomic E-state index is -0.273. The highest BCUT2D eigenvalue weighted by molar-refractivity contribution is 5.16. The molecule has 19 heavy (non-hydrogen) atoms. The van der Waals surface area contributed by atoms with Crippen LogP contribution < -0.4 is 0 Å². The molecule has 0 radical (unpaired) electrons. The lowest BCUT2D eigenvalue weighted by atomic mass is 9.99. The van der Waals surface area contributed by atoms with E-state index in [1.54, 1.807) is 0 Å². The van der Waals surface area contributed by atoms with Gasteiger partial charge in [0.2, 0.25) is 0 Å². The van der Waals surface area contributed by atoms with Crippen molar-refractivity contribution in [1.82, 2.24) is 4.90 Å². The summed E-state index contributed by atoms with van der Waals surface area (Å²) in [6.45, 7) is 1.86. The summed E-state index contributed by atoms with van der Waals surface area (Å²) in [5.41, 5.74) is 1.14. The number of piperidine rings is 1. The Kier molecular flexibility index (Phi) is 5.31. The van der Waals surface area contributed by atoms with Crippen molar-refractivity contribution in [3.63, 3.8) is 0 Å². The van der Waals surface area contributed by atoms with E-state index in [1.165, 1.54) is 12.1 Å². The van der Waals surface area contributed by atoms with E-state index in [2.05, 4.69) is 4.90 Å². The highest BCUT2D eigenvalue weighted by Gasteiger charge is 2.26. The summed E-state index contributed by atoms with van der Waals surface area (Å²) in [5.74, 6) is -0.200. The van der Waals surface area contributed by atoms with E-state index < -0.39 is 0 Å². The second-order valence-electron chi connectivity index (χ2n) is 5.28. The molecule has 4 heteroatoms. The van der Waals surface area contributed by atoms with Gasteiger partial charge in [0.1, 0.15) is 5.82 Å². The minimum absolute atomic E-state index is 0.0805. The maximum atomic E-state index is 12.8. The lowest BCUT2D eigenvalue weighted by molar-refractivity contribution is 0.0167. The molecule has 2 unspecified atom stereocenters. The third-order valence-electron chi connectivity index (χ3n) is 3.84. The van der Waals surface area contributed by atoms with Crippen LogP contribution in [0.4, 0.5) is 4.39 Å². The first-order valence-electron chi connectivity index (χ1n) is 6.96. The van der Waals surface area contributed by atoms with Gasteiger partial charge in [-0.05, 0) is 49.9 Å². The van der Waals surface area contributed by atoms with Gasteiger partial charge in [0.25, 0.3) is 0 Å². The molecule has 106 valence electrons. The van der Waals surface area contributed by atoms with Crippen molar-refractivity contribution in [2.75, 3.05) is 19.7 Å². The molecule has 0 spiro atoms. The van der Waals surface area contributed by atoms with Crippen LogP contribution in [-0.2, 0) is 6.42 Å². The fourth-order valence-electron chi connectivity index (χ4n) is 2.70.